The van der Waals surface area contributed by atoms with E-state index in [4.69, 9.17) is 17.3 Å². The molecule has 0 radical (unpaired) electrons. The molecule has 0 bridgehead atoms. The molecule has 15 heavy (non-hydrogen) atoms. The van der Waals surface area contributed by atoms with E-state index in [1.807, 2.05) is 0 Å². The maximum Gasteiger partial charge on any atom is 0.133 e. The summed E-state index contributed by atoms with van der Waals surface area (Å²) in [6.45, 7) is 0.555. The molecular weight excluding hydrogens is 214 g/mol. The number of nitrogen functional groups attached to an aromatic ring is 1. The number of pyridine rings is 1. The zero-order chi connectivity index (χ0) is 10.7. The molecule has 2 aromatic rings. The van der Waals surface area contributed by atoms with Crippen molar-refractivity contribution < 1.29 is 0 Å². The summed E-state index contributed by atoms with van der Waals surface area (Å²) in [5.74, 6) is 1.46. The number of imidazole rings is 1. The van der Waals surface area contributed by atoms with E-state index in [1.54, 1.807) is 24.5 Å². The summed E-state index contributed by atoms with van der Waals surface area (Å²) in [5, 5.41) is 3.43. The van der Waals surface area contributed by atoms with Crippen LogP contribution in [0.3, 0.4) is 0 Å². The predicted molar refractivity (Wildman–Crippen MR) is 59.6 cm³/mol. The van der Waals surface area contributed by atoms with Gasteiger partial charge in [-0.2, -0.15) is 0 Å². The van der Waals surface area contributed by atoms with E-state index in [9.17, 15) is 0 Å². The lowest BCUT2D eigenvalue weighted by molar-refractivity contribution is 0.988. The molecule has 6 heteroatoms. The van der Waals surface area contributed by atoms with Crippen molar-refractivity contribution in [2.75, 3.05) is 11.1 Å². The van der Waals surface area contributed by atoms with Crippen LogP contribution >= 0.6 is 11.6 Å². The first-order valence-electron chi connectivity index (χ1n) is 4.39. The van der Waals surface area contributed by atoms with Crippen LogP contribution in [0.25, 0.3) is 0 Å². The van der Waals surface area contributed by atoms with Crippen LogP contribution in [0.4, 0.5) is 11.5 Å². The third-order valence-corrected chi connectivity index (χ3v) is 2.00. The summed E-state index contributed by atoms with van der Waals surface area (Å²) in [7, 11) is 0. The van der Waals surface area contributed by atoms with E-state index in [0.717, 1.165) is 5.82 Å². The number of aromatic amines is 1. The average Bonchev–Trinajstić information content (AvgIpc) is 2.65. The van der Waals surface area contributed by atoms with Gasteiger partial charge in [-0.3, -0.25) is 0 Å². The van der Waals surface area contributed by atoms with Crippen molar-refractivity contribution in [3.8, 4) is 0 Å². The standard InChI is InChI=1S/C9H10ClN5/c10-7-3-6(11)4-8(15-7)14-5-9-12-1-2-13-9/h1-4H,5H2,(H,12,13)(H3,11,14,15). The summed E-state index contributed by atoms with van der Waals surface area (Å²) in [6.07, 6.45) is 3.45. The van der Waals surface area contributed by atoms with Crippen LogP contribution < -0.4 is 11.1 Å². The van der Waals surface area contributed by atoms with Crippen LogP contribution in [0.2, 0.25) is 5.15 Å². The molecule has 0 atom stereocenters. The van der Waals surface area contributed by atoms with Crippen molar-refractivity contribution in [3.05, 3.63) is 35.5 Å². The molecule has 5 nitrogen and oxygen atoms in total. The molecule has 0 aromatic carbocycles. The monoisotopic (exact) mass is 223 g/mol. The topological polar surface area (TPSA) is 79.6 Å². The van der Waals surface area contributed by atoms with E-state index >= 15 is 0 Å². The molecule has 0 fully saturated rings. The quantitative estimate of drug-likeness (QED) is 0.692. The van der Waals surface area contributed by atoms with Crippen molar-refractivity contribution in [2.45, 2.75) is 6.54 Å². The molecule has 78 valence electrons. The summed E-state index contributed by atoms with van der Waals surface area (Å²) in [5.41, 5.74) is 6.20. The zero-order valence-electron chi connectivity index (χ0n) is 7.87. The number of hydrogen-bond donors (Lipinski definition) is 3. The number of rotatable bonds is 3. The predicted octanol–water partition coefficient (Wildman–Crippen LogP) is 1.65. The highest BCUT2D eigenvalue weighted by Gasteiger charge is 1.99. The first-order chi connectivity index (χ1) is 7.24. The molecule has 0 saturated heterocycles. The number of nitrogens with one attached hydrogen (secondary N) is 2. The number of halogens is 1. The Morgan fingerprint density at radius 2 is 2.33 bits per heavy atom. The van der Waals surface area contributed by atoms with Gasteiger partial charge in [-0.1, -0.05) is 11.6 Å². The molecule has 2 heterocycles. The second-order valence-corrected chi connectivity index (χ2v) is 3.39. The van der Waals surface area contributed by atoms with E-state index < -0.39 is 0 Å². The van der Waals surface area contributed by atoms with Crippen LogP contribution in [0.1, 0.15) is 5.82 Å². The molecule has 0 aliphatic heterocycles. The average molecular weight is 224 g/mol. The van der Waals surface area contributed by atoms with Crippen molar-refractivity contribution in [1.82, 2.24) is 15.0 Å². The third-order valence-electron chi connectivity index (χ3n) is 1.81. The molecule has 0 aliphatic rings. The normalized spacial score (nSPS) is 10.2. The molecule has 2 aromatic heterocycles. The zero-order valence-corrected chi connectivity index (χ0v) is 8.62. The highest BCUT2D eigenvalue weighted by molar-refractivity contribution is 6.29. The minimum atomic E-state index is 0.372. The van der Waals surface area contributed by atoms with E-state index in [1.165, 1.54) is 0 Å². The van der Waals surface area contributed by atoms with Crippen LogP contribution in [0.5, 0.6) is 0 Å². The first kappa shape index (κ1) is 9.79. The molecule has 0 unspecified atom stereocenters. The minimum absolute atomic E-state index is 0.372. The smallest absolute Gasteiger partial charge is 0.133 e. The van der Waals surface area contributed by atoms with Gasteiger partial charge >= 0.3 is 0 Å². The Labute approximate surface area is 91.7 Å². The van der Waals surface area contributed by atoms with Gasteiger partial charge in [0, 0.05) is 24.1 Å². The number of hydrogen-bond acceptors (Lipinski definition) is 4. The third kappa shape index (κ3) is 2.60. The summed E-state index contributed by atoms with van der Waals surface area (Å²) < 4.78 is 0. The highest BCUT2D eigenvalue weighted by atomic mass is 35.5. The van der Waals surface area contributed by atoms with Gasteiger partial charge in [-0.05, 0) is 6.07 Å². The van der Waals surface area contributed by atoms with E-state index in [-0.39, 0.29) is 0 Å². The number of aromatic nitrogens is 3. The van der Waals surface area contributed by atoms with Gasteiger partial charge in [0.25, 0.3) is 0 Å². The number of H-pyrrole nitrogens is 1. The fraction of sp³-hybridized carbons (Fsp3) is 0.111. The SMILES string of the molecule is Nc1cc(Cl)nc(NCc2ncc[nH]2)c1. The first-order valence-corrected chi connectivity index (χ1v) is 4.77. The maximum absolute atomic E-state index is 5.76. The molecule has 0 aliphatic carbocycles. The van der Waals surface area contributed by atoms with Gasteiger partial charge < -0.3 is 16.0 Å². The lowest BCUT2D eigenvalue weighted by Crippen LogP contribution is -2.03. The fourth-order valence-electron chi connectivity index (χ4n) is 1.18. The van der Waals surface area contributed by atoms with E-state index in [2.05, 4.69) is 20.3 Å². The van der Waals surface area contributed by atoms with Crippen molar-refractivity contribution in [3.63, 3.8) is 0 Å². The molecule has 0 saturated carbocycles. The molecule has 4 N–H and O–H groups in total. The van der Waals surface area contributed by atoms with Crippen LogP contribution in [0.15, 0.2) is 24.5 Å². The van der Waals surface area contributed by atoms with Gasteiger partial charge in [0.05, 0.1) is 6.54 Å². The summed E-state index contributed by atoms with van der Waals surface area (Å²) in [4.78, 5) is 11.1. The Bertz CT molecular complexity index is 420. The molecule has 0 amide bonds. The Kier molecular flexibility index (Phi) is 2.73. The minimum Gasteiger partial charge on any atom is -0.399 e. The second kappa shape index (κ2) is 4.18. The van der Waals surface area contributed by atoms with Gasteiger partial charge in [0.2, 0.25) is 0 Å². The largest absolute Gasteiger partial charge is 0.399 e. The Morgan fingerprint density at radius 3 is 3.00 bits per heavy atom. The highest BCUT2D eigenvalue weighted by Crippen LogP contribution is 2.15. The van der Waals surface area contributed by atoms with Gasteiger partial charge in [0.1, 0.15) is 16.8 Å². The summed E-state index contributed by atoms with van der Waals surface area (Å²) >= 11 is 5.76. The van der Waals surface area contributed by atoms with Crippen LogP contribution in [-0.2, 0) is 6.54 Å². The van der Waals surface area contributed by atoms with Gasteiger partial charge in [0.15, 0.2) is 0 Å². The van der Waals surface area contributed by atoms with Crippen LogP contribution in [0, 0.1) is 0 Å². The molecule has 0 spiro atoms. The van der Waals surface area contributed by atoms with E-state index in [0.29, 0.717) is 23.2 Å². The van der Waals surface area contributed by atoms with Crippen LogP contribution in [-0.4, -0.2) is 15.0 Å². The van der Waals surface area contributed by atoms with Gasteiger partial charge in [-0.25, -0.2) is 9.97 Å². The number of nitrogens with zero attached hydrogens (tertiary/aromatic N) is 2. The molecule has 2 rings (SSSR count). The Morgan fingerprint density at radius 1 is 1.47 bits per heavy atom. The fourth-order valence-corrected chi connectivity index (χ4v) is 1.39. The van der Waals surface area contributed by atoms with Crippen molar-refractivity contribution in [2.24, 2.45) is 0 Å². The second-order valence-electron chi connectivity index (χ2n) is 3.00. The Balaban J connectivity index is 2.05. The van der Waals surface area contributed by atoms with Crippen molar-refractivity contribution in [1.29, 1.82) is 0 Å². The lowest BCUT2D eigenvalue weighted by atomic mass is 10.4. The number of anilines is 2. The lowest BCUT2D eigenvalue weighted by Gasteiger charge is -2.04. The molecular formula is C9H10ClN5. The van der Waals surface area contributed by atoms with Crippen molar-refractivity contribution >= 4 is 23.1 Å². The maximum atomic E-state index is 5.76. The number of nitrogens with two attached hydrogens (primary N) is 1. The van der Waals surface area contributed by atoms with Gasteiger partial charge in [-0.15, -0.1) is 0 Å². The summed E-state index contributed by atoms with van der Waals surface area (Å²) in [6, 6.07) is 3.31. The Hall–Kier alpha value is -1.75.